The number of carbonyl (C=O) groups excluding carboxylic acids is 2. The van der Waals surface area contributed by atoms with Gasteiger partial charge in [0.2, 0.25) is 0 Å². The monoisotopic (exact) mass is 472 g/mol. The Balaban J connectivity index is 1.72. The average molecular weight is 473 g/mol. The number of carbonyl (C=O) groups is 3. The minimum absolute atomic E-state index is 0.106. The number of aromatic carboxylic acids is 1. The molecule has 35 heavy (non-hydrogen) atoms. The lowest BCUT2D eigenvalue weighted by atomic mass is 10.00. The van der Waals surface area contributed by atoms with Gasteiger partial charge in [-0.3, -0.25) is 14.3 Å². The molecule has 180 valence electrons. The van der Waals surface area contributed by atoms with E-state index in [0.717, 1.165) is 41.0 Å². The van der Waals surface area contributed by atoms with Gasteiger partial charge >= 0.3 is 5.97 Å². The molecule has 0 fully saturated rings. The van der Waals surface area contributed by atoms with Crippen molar-refractivity contribution in [2.24, 2.45) is 7.05 Å². The third-order valence-corrected chi connectivity index (χ3v) is 6.30. The summed E-state index contributed by atoms with van der Waals surface area (Å²) < 4.78 is 3.02. The summed E-state index contributed by atoms with van der Waals surface area (Å²) >= 11 is 0. The Morgan fingerprint density at radius 1 is 1.09 bits per heavy atom. The first-order chi connectivity index (χ1) is 16.8. The maximum absolute atomic E-state index is 13.9. The molecule has 4 aromatic rings. The van der Waals surface area contributed by atoms with E-state index in [1.165, 1.54) is 11.8 Å². The van der Waals surface area contributed by atoms with E-state index in [9.17, 15) is 19.5 Å². The number of Topliss-reactive ketones (excluding diaryl/α,β-unsaturated/α-hetero) is 1. The second kappa shape index (κ2) is 9.97. The first-order valence-corrected chi connectivity index (χ1v) is 11.6. The number of nitrogens with zero attached hydrogens (tertiary/aromatic N) is 3. The number of benzene rings is 2. The lowest BCUT2D eigenvalue weighted by Gasteiger charge is -2.17. The highest BCUT2D eigenvalue weighted by molar-refractivity contribution is 6.20. The molecule has 0 radical (unpaired) electrons. The standard InChI is InChI=1S/C27H28N4O4/c1-4-5-8-18-11-13-20(14-12-18)29-26(33)24(31-16-19(15-28-31)27(34)35)25(32)23-17(2)30(3)22-10-7-6-9-21(22)23/h6-7,9-16,24H,4-5,8H2,1-3H3,(H,29,33)(H,34,35). The van der Waals surface area contributed by atoms with Crippen LogP contribution in [-0.2, 0) is 18.3 Å². The van der Waals surface area contributed by atoms with E-state index in [4.69, 9.17) is 0 Å². The Bertz CT molecular complexity index is 1400. The first-order valence-electron chi connectivity index (χ1n) is 11.6. The Hall–Kier alpha value is -4.20. The second-order valence-corrected chi connectivity index (χ2v) is 8.61. The predicted molar refractivity (Wildman–Crippen MR) is 134 cm³/mol. The van der Waals surface area contributed by atoms with Gasteiger partial charge in [-0.05, 0) is 43.5 Å². The smallest absolute Gasteiger partial charge is 0.338 e. The average Bonchev–Trinajstić information content (AvgIpc) is 3.42. The third kappa shape index (κ3) is 4.73. The van der Waals surface area contributed by atoms with Crippen LogP contribution in [0.1, 0.15) is 57.8 Å². The summed E-state index contributed by atoms with van der Waals surface area (Å²) in [6, 6.07) is 13.6. The van der Waals surface area contributed by atoms with Crippen LogP contribution < -0.4 is 5.32 Å². The molecule has 0 aliphatic rings. The number of para-hydroxylation sites is 1. The molecule has 2 heterocycles. The van der Waals surface area contributed by atoms with Gasteiger partial charge in [0.25, 0.3) is 5.91 Å². The molecule has 2 N–H and O–H groups in total. The van der Waals surface area contributed by atoms with Crippen molar-refractivity contribution in [3.05, 3.63) is 83.3 Å². The van der Waals surface area contributed by atoms with E-state index < -0.39 is 23.7 Å². The van der Waals surface area contributed by atoms with Crippen LogP contribution in [0.3, 0.4) is 0 Å². The van der Waals surface area contributed by atoms with Crippen molar-refractivity contribution in [2.45, 2.75) is 39.2 Å². The van der Waals surface area contributed by atoms with Crippen molar-refractivity contribution in [2.75, 3.05) is 5.32 Å². The van der Waals surface area contributed by atoms with E-state index in [0.29, 0.717) is 16.9 Å². The van der Waals surface area contributed by atoms with Crippen LogP contribution in [0.2, 0.25) is 0 Å². The third-order valence-electron chi connectivity index (χ3n) is 6.30. The van der Waals surface area contributed by atoms with Gasteiger partial charge < -0.3 is 15.0 Å². The highest BCUT2D eigenvalue weighted by Crippen LogP contribution is 2.29. The van der Waals surface area contributed by atoms with Crippen molar-refractivity contribution < 1.29 is 19.5 Å². The molecule has 2 aromatic heterocycles. The van der Waals surface area contributed by atoms with Crippen LogP contribution in [0.5, 0.6) is 0 Å². The number of amides is 1. The van der Waals surface area contributed by atoms with Gasteiger partial charge in [0.15, 0.2) is 11.8 Å². The molecule has 1 atom stereocenters. The van der Waals surface area contributed by atoms with Crippen molar-refractivity contribution in [1.29, 1.82) is 0 Å². The normalized spacial score (nSPS) is 12.0. The second-order valence-electron chi connectivity index (χ2n) is 8.61. The SMILES string of the molecule is CCCCc1ccc(NC(=O)C(C(=O)c2c(C)n(C)c3ccccc23)n2cc(C(=O)O)cn2)cc1. The molecule has 1 amide bonds. The maximum atomic E-state index is 13.9. The molecule has 0 saturated carbocycles. The lowest BCUT2D eigenvalue weighted by Crippen LogP contribution is -2.33. The number of anilines is 1. The number of hydrogen-bond donors (Lipinski definition) is 2. The molecule has 8 heteroatoms. The zero-order valence-corrected chi connectivity index (χ0v) is 20.0. The fraction of sp³-hybridized carbons (Fsp3) is 0.259. The van der Waals surface area contributed by atoms with Crippen molar-refractivity contribution in [3.63, 3.8) is 0 Å². The minimum Gasteiger partial charge on any atom is -0.478 e. The topological polar surface area (TPSA) is 106 Å². The quantitative estimate of drug-likeness (QED) is 0.269. The van der Waals surface area contributed by atoms with Crippen LogP contribution in [0.4, 0.5) is 5.69 Å². The van der Waals surface area contributed by atoms with Crippen LogP contribution in [-0.4, -0.2) is 37.1 Å². The van der Waals surface area contributed by atoms with E-state index in [1.807, 2.05) is 54.9 Å². The van der Waals surface area contributed by atoms with E-state index >= 15 is 0 Å². The van der Waals surface area contributed by atoms with Gasteiger partial charge in [-0.15, -0.1) is 0 Å². The molecule has 1 unspecified atom stereocenters. The summed E-state index contributed by atoms with van der Waals surface area (Å²) in [5, 5.41) is 16.9. The van der Waals surface area contributed by atoms with Crippen LogP contribution >= 0.6 is 0 Å². The summed E-state index contributed by atoms with van der Waals surface area (Å²) in [4.78, 5) is 38.8. The number of unbranched alkanes of at least 4 members (excludes halogenated alkanes) is 1. The Morgan fingerprint density at radius 2 is 1.80 bits per heavy atom. The van der Waals surface area contributed by atoms with Crippen molar-refractivity contribution in [3.8, 4) is 0 Å². The number of rotatable bonds is 9. The Kier molecular flexibility index (Phi) is 6.82. The zero-order valence-electron chi connectivity index (χ0n) is 20.0. The number of nitrogens with one attached hydrogen (secondary N) is 1. The molecular weight excluding hydrogens is 444 g/mol. The number of hydrogen-bond acceptors (Lipinski definition) is 4. The molecule has 0 saturated heterocycles. The van der Waals surface area contributed by atoms with Crippen molar-refractivity contribution >= 4 is 34.3 Å². The molecule has 0 aliphatic heterocycles. The molecular formula is C27H28N4O4. The van der Waals surface area contributed by atoms with Gasteiger partial charge in [-0.25, -0.2) is 4.79 Å². The van der Waals surface area contributed by atoms with Gasteiger partial charge in [0, 0.05) is 41.1 Å². The maximum Gasteiger partial charge on any atom is 0.338 e. The number of carboxylic acid groups (broad SMARTS) is 1. The predicted octanol–water partition coefficient (Wildman–Crippen LogP) is 4.79. The molecule has 4 rings (SSSR count). The van der Waals surface area contributed by atoms with Gasteiger partial charge in [0.1, 0.15) is 0 Å². The number of aryl methyl sites for hydroxylation is 2. The lowest BCUT2D eigenvalue weighted by molar-refractivity contribution is -0.118. The van der Waals surface area contributed by atoms with Crippen LogP contribution in [0.25, 0.3) is 10.9 Å². The van der Waals surface area contributed by atoms with Gasteiger partial charge in [-0.2, -0.15) is 5.10 Å². The van der Waals surface area contributed by atoms with E-state index in [2.05, 4.69) is 17.3 Å². The zero-order chi connectivity index (χ0) is 25.1. The summed E-state index contributed by atoms with van der Waals surface area (Å²) in [5.41, 5.74) is 3.59. The van der Waals surface area contributed by atoms with Crippen LogP contribution in [0, 0.1) is 6.92 Å². The highest BCUT2D eigenvalue weighted by atomic mass is 16.4. The number of aromatic nitrogens is 3. The Labute approximate surface area is 203 Å². The number of ketones is 1. The van der Waals surface area contributed by atoms with Gasteiger partial charge in [-0.1, -0.05) is 43.7 Å². The summed E-state index contributed by atoms with van der Waals surface area (Å²) in [6.45, 7) is 3.96. The Morgan fingerprint density at radius 3 is 2.46 bits per heavy atom. The van der Waals surface area contributed by atoms with E-state index in [1.54, 1.807) is 12.1 Å². The fourth-order valence-corrected chi connectivity index (χ4v) is 4.26. The number of fused-ring (bicyclic) bond motifs is 1. The largest absolute Gasteiger partial charge is 0.478 e. The van der Waals surface area contributed by atoms with Crippen molar-refractivity contribution in [1.82, 2.24) is 14.3 Å². The summed E-state index contributed by atoms with van der Waals surface area (Å²) in [5.74, 6) is -2.24. The molecule has 0 bridgehead atoms. The summed E-state index contributed by atoms with van der Waals surface area (Å²) in [6.07, 6.45) is 5.47. The van der Waals surface area contributed by atoms with Crippen LogP contribution in [0.15, 0.2) is 60.9 Å². The number of carboxylic acids is 1. The summed E-state index contributed by atoms with van der Waals surface area (Å²) in [7, 11) is 1.86. The minimum atomic E-state index is -1.38. The molecule has 2 aromatic carbocycles. The molecule has 0 spiro atoms. The first kappa shape index (κ1) is 23.9. The highest BCUT2D eigenvalue weighted by Gasteiger charge is 2.34. The fourth-order valence-electron chi connectivity index (χ4n) is 4.26. The van der Waals surface area contributed by atoms with Gasteiger partial charge in [0.05, 0.1) is 11.8 Å². The molecule has 0 aliphatic carbocycles. The van der Waals surface area contributed by atoms with E-state index in [-0.39, 0.29) is 5.56 Å². The molecule has 8 nitrogen and oxygen atoms in total.